The lowest BCUT2D eigenvalue weighted by atomic mass is 9.92. The first-order valence-corrected chi connectivity index (χ1v) is 5.87. The van der Waals surface area contributed by atoms with E-state index in [0.29, 0.717) is 0 Å². The molecule has 0 heterocycles. The molecular weight excluding hydrogens is 174 g/mol. The van der Waals surface area contributed by atoms with Crippen LogP contribution in [0.2, 0.25) is 0 Å². The van der Waals surface area contributed by atoms with E-state index >= 15 is 0 Å². The topological polar surface area (TPSA) is 46.2 Å². The van der Waals surface area contributed by atoms with E-state index in [2.05, 4.69) is 4.72 Å². The molecule has 0 bridgehead atoms. The van der Waals surface area contributed by atoms with Gasteiger partial charge in [-0.1, -0.05) is 20.3 Å². The summed E-state index contributed by atoms with van der Waals surface area (Å²) in [5, 5.41) is -0.199. The molecule has 0 aromatic carbocycles. The minimum atomic E-state index is -3.06. The minimum Gasteiger partial charge on any atom is -0.218 e. The molecular formula is C8H17NO2S. The average molecular weight is 191 g/mol. The third-order valence-corrected chi connectivity index (χ3v) is 5.01. The molecule has 0 aromatic rings. The maximum Gasteiger partial charge on any atom is 0.214 e. The second kappa shape index (κ2) is 3.00. The number of nitrogens with one attached hydrogen (secondary N) is 1. The number of hydrogen-bond acceptors (Lipinski definition) is 2. The lowest BCUT2D eigenvalue weighted by Crippen LogP contribution is -2.38. The van der Waals surface area contributed by atoms with Crippen molar-refractivity contribution in [1.29, 1.82) is 0 Å². The highest BCUT2D eigenvalue weighted by Crippen LogP contribution is 2.40. The second-order valence-electron chi connectivity index (χ2n) is 4.12. The smallest absolute Gasteiger partial charge is 0.214 e. The Kier molecular flexibility index (Phi) is 2.50. The first kappa shape index (κ1) is 9.99. The van der Waals surface area contributed by atoms with Crippen molar-refractivity contribution in [2.24, 2.45) is 5.41 Å². The van der Waals surface area contributed by atoms with Crippen LogP contribution in [0.15, 0.2) is 0 Å². The van der Waals surface area contributed by atoms with Crippen LogP contribution in [-0.2, 0) is 10.0 Å². The van der Waals surface area contributed by atoms with Crippen LogP contribution in [-0.4, -0.2) is 20.7 Å². The van der Waals surface area contributed by atoms with Gasteiger partial charge in [-0.2, -0.15) is 0 Å². The molecule has 0 radical (unpaired) electrons. The van der Waals surface area contributed by atoms with E-state index in [9.17, 15) is 8.42 Å². The van der Waals surface area contributed by atoms with Crippen LogP contribution in [0.4, 0.5) is 0 Å². The van der Waals surface area contributed by atoms with Gasteiger partial charge in [0, 0.05) is 0 Å². The molecule has 72 valence electrons. The standard InChI is InChI=1S/C8H17NO2S/c1-8(2)6-4-5-7(8)12(10,11)9-3/h7,9H,4-6H2,1-3H3. The summed E-state index contributed by atoms with van der Waals surface area (Å²) < 4.78 is 25.4. The highest BCUT2D eigenvalue weighted by atomic mass is 32.2. The van der Waals surface area contributed by atoms with Gasteiger partial charge in [-0.3, -0.25) is 0 Å². The Labute approximate surface area is 74.6 Å². The van der Waals surface area contributed by atoms with Gasteiger partial charge in [-0.25, -0.2) is 13.1 Å². The van der Waals surface area contributed by atoms with E-state index in [1.165, 1.54) is 7.05 Å². The van der Waals surface area contributed by atoms with E-state index in [1.54, 1.807) is 0 Å². The highest BCUT2D eigenvalue weighted by Gasteiger charge is 2.42. The first-order chi connectivity index (χ1) is 5.40. The van der Waals surface area contributed by atoms with Gasteiger partial charge in [-0.15, -0.1) is 0 Å². The van der Waals surface area contributed by atoms with Crippen molar-refractivity contribution in [3.8, 4) is 0 Å². The maximum atomic E-state index is 11.5. The molecule has 1 rings (SSSR count). The summed E-state index contributed by atoms with van der Waals surface area (Å²) in [7, 11) is -1.57. The largest absolute Gasteiger partial charge is 0.218 e. The van der Waals surface area contributed by atoms with Gasteiger partial charge >= 0.3 is 0 Å². The van der Waals surface area contributed by atoms with Crippen LogP contribution in [0.3, 0.4) is 0 Å². The van der Waals surface area contributed by atoms with Gasteiger partial charge in [0.2, 0.25) is 10.0 Å². The Morgan fingerprint density at radius 2 is 2.00 bits per heavy atom. The number of sulfonamides is 1. The Hall–Kier alpha value is -0.0900. The summed E-state index contributed by atoms with van der Waals surface area (Å²) in [5.41, 5.74) is -0.0537. The van der Waals surface area contributed by atoms with Crippen LogP contribution in [0.25, 0.3) is 0 Å². The molecule has 1 saturated carbocycles. The minimum absolute atomic E-state index is 0.0537. The Morgan fingerprint density at radius 3 is 2.33 bits per heavy atom. The number of rotatable bonds is 2. The predicted octanol–water partition coefficient (Wildman–Crippen LogP) is 1.11. The van der Waals surface area contributed by atoms with Gasteiger partial charge in [0.25, 0.3) is 0 Å². The second-order valence-corrected chi connectivity index (χ2v) is 6.19. The third-order valence-electron chi connectivity index (χ3n) is 2.82. The van der Waals surface area contributed by atoms with E-state index in [0.717, 1.165) is 19.3 Å². The van der Waals surface area contributed by atoms with Crippen LogP contribution in [0, 0.1) is 5.41 Å². The molecule has 12 heavy (non-hydrogen) atoms. The first-order valence-electron chi connectivity index (χ1n) is 4.32. The van der Waals surface area contributed by atoms with Crippen LogP contribution in [0.5, 0.6) is 0 Å². The molecule has 1 N–H and O–H groups in total. The fourth-order valence-corrected chi connectivity index (χ4v) is 3.73. The molecule has 1 atom stereocenters. The molecule has 0 aliphatic heterocycles. The van der Waals surface area contributed by atoms with E-state index in [1.807, 2.05) is 13.8 Å². The van der Waals surface area contributed by atoms with E-state index in [4.69, 9.17) is 0 Å². The lowest BCUT2D eigenvalue weighted by Gasteiger charge is -2.25. The summed E-state index contributed by atoms with van der Waals surface area (Å²) in [6, 6.07) is 0. The average Bonchev–Trinajstić information content (AvgIpc) is 2.30. The van der Waals surface area contributed by atoms with Crippen LogP contribution < -0.4 is 4.72 Å². The summed E-state index contributed by atoms with van der Waals surface area (Å²) in [4.78, 5) is 0. The van der Waals surface area contributed by atoms with Gasteiger partial charge < -0.3 is 0 Å². The van der Waals surface area contributed by atoms with E-state index < -0.39 is 10.0 Å². The normalized spacial score (nSPS) is 29.1. The van der Waals surface area contributed by atoms with Gasteiger partial charge in [0.1, 0.15) is 0 Å². The van der Waals surface area contributed by atoms with Crippen molar-refractivity contribution >= 4 is 10.0 Å². The van der Waals surface area contributed by atoms with Crippen molar-refractivity contribution in [1.82, 2.24) is 4.72 Å². The summed E-state index contributed by atoms with van der Waals surface area (Å²) >= 11 is 0. The zero-order chi connectivity index (χ0) is 9.41. The van der Waals surface area contributed by atoms with Crippen molar-refractivity contribution < 1.29 is 8.42 Å². The summed E-state index contributed by atoms with van der Waals surface area (Å²) in [6.45, 7) is 4.05. The monoisotopic (exact) mass is 191 g/mol. The summed E-state index contributed by atoms with van der Waals surface area (Å²) in [6.07, 6.45) is 2.84. The Bertz CT molecular complexity index is 256. The highest BCUT2D eigenvalue weighted by molar-refractivity contribution is 7.90. The quantitative estimate of drug-likeness (QED) is 0.711. The van der Waals surface area contributed by atoms with Crippen LogP contribution >= 0.6 is 0 Å². The summed E-state index contributed by atoms with van der Waals surface area (Å²) in [5.74, 6) is 0. The Balaban J connectivity index is 2.90. The maximum absolute atomic E-state index is 11.5. The zero-order valence-corrected chi connectivity index (χ0v) is 8.74. The Morgan fingerprint density at radius 1 is 1.42 bits per heavy atom. The molecule has 4 heteroatoms. The van der Waals surface area contributed by atoms with Crippen LogP contribution in [0.1, 0.15) is 33.1 Å². The molecule has 0 amide bonds. The molecule has 1 aliphatic carbocycles. The molecule has 0 aromatic heterocycles. The molecule has 3 nitrogen and oxygen atoms in total. The SMILES string of the molecule is CNS(=O)(=O)C1CCCC1(C)C. The fraction of sp³-hybridized carbons (Fsp3) is 1.00. The van der Waals surface area contributed by atoms with Crippen molar-refractivity contribution in [2.75, 3.05) is 7.05 Å². The fourth-order valence-electron chi connectivity index (χ4n) is 2.01. The molecule has 1 unspecified atom stereocenters. The van der Waals surface area contributed by atoms with Gasteiger partial charge in [0.05, 0.1) is 5.25 Å². The number of hydrogen-bond donors (Lipinski definition) is 1. The van der Waals surface area contributed by atoms with Gasteiger partial charge in [0.15, 0.2) is 0 Å². The lowest BCUT2D eigenvalue weighted by molar-refractivity contribution is 0.377. The third kappa shape index (κ3) is 1.64. The zero-order valence-electron chi connectivity index (χ0n) is 7.92. The van der Waals surface area contributed by atoms with Crippen molar-refractivity contribution in [2.45, 2.75) is 38.4 Å². The van der Waals surface area contributed by atoms with Crippen molar-refractivity contribution in [3.63, 3.8) is 0 Å². The van der Waals surface area contributed by atoms with Crippen molar-refractivity contribution in [3.05, 3.63) is 0 Å². The molecule has 0 spiro atoms. The van der Waals surface area contributed by atoms with Gasteiger partial charge in [-0.05, 0) is 25.3 Å². The molecule has 1 fully saturated rings. The molecule has 0 saturated heterocycles. The van der Waals surface area contributed by atoms with E-state index in [-0.39, 0.29) is 10.7 Å². The molecule has 1 aliphatic rings. The predicted molar refractivity (Wildman–Crippen MR) is 49.4 cm³/mol.